The summed E-state index contributed by atoms with van der Waals surface area (Å²) in [6, 6.07) is 9.54. The molecular weight excluding hydrogens is 248 g/mol. The van der Waals surface area contributed by atoms with Gasteiger partial charge in [0.15, 0.2) is 0 Å². The lowest BCUT2D eigenvalue weighted by molar-refractivity contribution is -0.136. The minimum absolute atomic E-state index is 0.0294. The number of imidazole rings is 1. The second kappa shape index (κ2) is 4.27. The molecule has 0 fully saturated rings. The number of rotatable bonds is 3. The summed E-state index contributed by atoms with van der Waals surface area (Å²) in [5.41, 5.74) is 2.26. The Bertz CT molecular complexity index is 701. The molecule has 3 heterocycles. The van der Waals surface area contributed by atoms with Crippen molar-refractivity contribution in [2.24, 2.45) is 0 Å². The van der Waals surface area contributed by atoms with E-state index in [0.29, 0.717) is 0 Å². The van der Waals surface area contributed by atoms with E-state index in [-0.39, 0.29) is 6.42 Å². The zero-order chi connectivity index (χ0) is 12.5. The van der Waals surface area contributed by atoms with Crippen LogP contribution < -0.4 is 0 Å². The number of fused-ring (bicyclic) bond motifs is 1. The van der Waals surface area contributed by atoms with Crippen molar-refractivity contribution in [3.8, 4) is 10.6 Å². The van der Waals surface area contributed by atoms with Crippen molar-refractivity contribution in [3.63, 3.8) is 0 Å². The maximum Gasteiger partial charge on any atom is 0.309 e. The second-order valence-electron chi connectivity index (χ2n) is 3.88. The molecule has 3 aromatic rings. The van der Waals surface area contributed by atoms with Gasteiger partial charge in [-0.2, -0.15) is 0 Å². The molecule has 0 aliphatic rings. The van der Waals surface area contributed by atoms with Gasteiger partial charge in [0.1, 0.15) is 11.3 Å². The fourth-order valence-electron chi connectivity index (χ4n) is 1.97. The van der Waals surface area contributed by atoms with E-state index in [1.807, 2.05) is 46.3 Å². The molecule has 0 amide bonds. The SMILES string of the molecule is O=C(O)Cc1c(-c2cccs2)nc2ccccn12. The number of thiophene rings is 1. The molecule has 1 N–H and O–H groups in total. The van der Waals surface area contributed by atoms with Crippen LogP contribution in [0.25, 0.3) is 16.2 Å². The summed E-state index contributed by atoms with van der Waals surface area (Å²) >= 11 is 1.56. The Kier molecular flexibility index (Phi) is 2.60. The van der Waals surface area contributed by atoms with Gasteiger partial charge in [-0.05, 0) is 23.6 Å². The molecule has 90 valence electrons. The Labute approximate surface area is 107 Å². The van der Waals surface area contributed by atoms with Crippen molar-refractivity contribution in [1.29, 1.82) is 0 Å². The van der Waals surface area contributed by atoms with Gasteiger partial charge in [0.2, 0.25) is 0 Å². The predicted octanol–water partition coefficient (Wildman–Crippen LogP) is 2.69. The van der Waals surface area contributed by atoms with Crippen LogP contribution in [0.5, 0.6) is 0 Å². The van der Waals surface area contributed by atoms with Crippen LogP contribution in [-0.4, -0.2) is 20.5 Å². The molecule has 0 aliphatic heterocycles. The smallest absolute Gasteiger partial charge is 0.309 e. The quantitative estimate of drug-likeness (QED) is 0.785. The number of carboxylic acids is 1. The van der Waals surface area contributed by atoms with Gasteiger partial charge in [0, 0.05) is 6.20 Å². The number of carboxylic acid groups (broad SMARTS) is 1. The third kappa shape index (κ3) is 1.78. The Morgan fingerprint density at radius 2 is 2.22 bits per heavy atom. The molecule has 0 bridgehead atoms. The summed E-state index contributed by atoms with van der Waals surface area (Å²) in [4.78, 5) is 16.5. The van der Waals surface area contributed by atoms with E-state index in [2.05, 4.69) is 4.98 Å². The summed E-state index contributed by atoms with van der Waals surface area (Å²) in [6.45, 7) is 0. The van der Waals surface area contributed by atoms with Crippen LogP contribution in [0.3, 0.4) is 0 Å². The second-order valence-corrected chi connectivity index (χ2v) is 4.83. The molecule has 3 rings (SSSR count). The third-order valence-corrected chi connectivity index (χ3v) is 3.58. The van der Waals surface area contributed by atoms with Crippen molar-refractivity contribution in [1.82, 2.24) is 9.38 Å². The van der Waals surface area contributed by atoms with E-state index in [4.69, 9.17) is 5.11 Å². The predicted molar refractivity (Wildman–Crippen MR) is 69.8 cm³/mol. The lowest BCUT2D eigenvalue weighted by atomic mass is 10.2. The number of pyridine rings is 1. The molecule has 0 atom stereocenters. The first-order chi connectivity index (χ1) is 8.75. The van der Waals surface area contributed by atoms with E-state index in [9.17, 15) is 4.79 Å². The summed E-state index contributed by atoms with van der Waals surface area (Å²) < 4.78 is 1.84. The van der Waals surface area contributed by atoms with Gasteiger partial charge in [-0.15, -0.1) is 11.3 Å². The zero-order valence-electron chi connectivity index (χ0n) is 9.41. The van der Waals surface area contributed by atoms with Crippen LogP contribution in [0, 0.1) is 0 Å². The van der Waals surface area contributed by atoms with Gasteiger partial charge in [-0.3, -0.25) is 4.79 Å². The van der Waals surface area contributed by atoms with Crippen molar-refractivity contribution >= 4 is 23.0 Å². The highest BCUT2D eigenvalue weighted by Gasteiger charge is 2.16. The van der Waals surface area contributed by atoms with Crippen molar-refractivity contribution in [2.45, 2.75) is 6.42 Å². The van der Waals surface area contributed by atoms with Crippen LogP contribution in [0.4, 0.5) is 0 Å². The molecule has 18 heavy (non-hydrogen) atoms. The number of aromatic nitrogens is 2. The molecule has 0 saturated heterocycles. The minimum atomic E-state index is -0.849. The minimum Gasteiger partial charge on any atom is -0.481 e. The van der Waals surface area contributed by atoms with E-state index in [0.717, 1.165) is 21.9 Å². The van der Waals surface area contributed by atoms with Crippen LogP contribution in [0.1, 0.15) is 5.69 Å². The monoisotopic (exact) mass is 258 g/mol. The summed E-state index contributed by atoms with van der Waals surface area (Å²) in [5, 5.41) is 11.0. The molecule has 3 aromatic heterocycles. The van der Waals surface area contributed by atoms with E-state index >= 15 is 0 Å². The Morgan fingerprint density at radius 1 is 1.33 bits per heavy atom. The van der Waals surface area contributed by atoms with Gasteiger partial charge < -0.3 is 9.51 Å². The van der Waals surface area contributed by atoms with Gasteiger partial charge in [0.25, 0.3) is 0 Å². The van der Waals surface area contributed by atoms with Crippen molar-refractivity contribution in [2.75, 3.05) is 0 Å². The van der Waals surface area contributed by atoms with Gasteiger partial charge in [0.05, 0.1) is 17.0 Å². The fraction of sp³-hybridized carbons (Fsp3) is 0.0769. The largest absolute Gasteiger partial charge is 0.481 e. The molecule has 5 heteroatoms. The lowest BCUT2D eigenvalue weighted by Crippen LogP contribution is -2.04. The Morgan fingerprint density at radius 3 is 2.94 bits per heavy atom. The third-order valence-electron chi connectivity index (χ3n) is 2.70. The lowest BCUT2D eigenvalue weighted by Gasteiger charge is -2.00. The zero-order valence-corrected chi connectivity index (χ0v) is 10.2. The molecule has 0 radical (unpaired) electrons. The van der Waals surface area contributed by atoms with E-state index in [1.54, 1.807) is 11.3 Å². The number of aliphatic carboxylic acids is 1. The maximum atomic E-state index is 11.0. The highest BCUT2D eigenvalue weighted by atomic mass is 32.1. The average Bonchev–Trinajstić information content (AvgIpc) is 2.96. The van der Waals surface area contributed by atoms with Crippen LogP contribution >= 0.6 is 11.3 Å². The molecule has 0 saturated carbocycles. The number of carbonyl (C=O) groups is 1. The van der Waals surface area contributed by atoms with Crippen molar-refractivity contribution < 1.29 is 9.90 Å². The van der Waals surface area contributed by atoms with Gasteiger partial charge >= 0.3 is 5.97 Å². The number of nitrogens with zero attached hydrogens (tertiary/aromatic N) is 2. The maximum absolute atomic E-state index is 11.0. The molecule has 0 unspecified atom stereocenters. The number of hydrogen-bond donors (Lipinski definition) is 1. The van der Waals surface area contributed by atoms with Gasteiger partial charge in [-0.25, -0.2) is 4.98 Å². The first-order valence-corrected chi connectivity index (χ1v) is 6.35. The number of hydrogen-bond acceptors (Lipinski definition) is 3. The molecule has 0 aromatic carbocycles. The average molecular weight is 258 g/mol. The highest BCUT2D eigenvalue weighted by molar-refractivity contribution is 7.13. The highest BCUT2D eigenvalue weighted by Crippen LogP contribution is 2.28. The van der Waals surface area contributed by atoms with Crippen LogP contribution in [0.2, 0.25) is 0 Å². The van der Waals surface area contributed by atoms with Crippen molar-refractivity contribution in [3.05, 3.63) is 47.6 Å². The van der Waals surface area contributed by atoms with Gasteiger partial charge in [-0.1, -0.05) is 12.1 Å². The normalized spacial score (nSPS) is 10.9. The van der Waals surface area contributed by atoms with Crippen LogP contribution in [-0.2, 0) is 11.2 Å². The van der Waals surface area contributed by atoms with E-state index in [1.165, 1.54) is 0 Å². The summed E-state index contributed by atoms with van der Waals surface area (Å²) in [5.74, 6) is -0.849. The Balaban J connectivity index is 2.26. The first kappa shape index (κ1) is 11.0. The molecular formula is C13H10N2O2S. The summed E-state index contributed by atoms with van der Waals surface area (Å²) in [6.07, 6.45) is 1.82. The fourth-order valence-corrected chi connectivity index (χ4v) is 2.71. The molecule has 4 nitrogen and oxygen atoms in total. The molecule has 0 aliphatic carbocycles. The molecule has 0 spiro atoms. The topological polar surface area (TPSA) is 54.6 Å². The Hall–Kier alpha value is -2.14. The first-order valence-electron chi connectivity index (χ1n) is 5.47. The summed E-state index contributed by atoms with van der Waals surface area (Å²) in [7, 11) is 0. The van der Waals surface area contributed by atoms with E-state index < -0.39 is 5.97 Å². The standard InChI is InChI=1S/C13H10N2O2S/c16-12(17)8-9-13(10-4-3-7-18-10)14-11-5-1-2-6-15(9)11/h1-7H,8H2,(H,16,17). The van der Waals surface area contributed by atoms with Crippen LogP contribution in [0.15, 0.2) is 41.9 Å².